The molecule has 4 atom stereocenters. The Hall–Kier alpha value is -14.9. The molecular formula is C105H125BrFN21O17. The third-order valence-corrected chi connectivity index (χ3v) is 26.3. The Kier molecular flexibility index (Phi) is 40.0. The van der Waals surface area contributed by atoms with Crippen molar-refractivity contribution in [1.82, 2.24) is 104 Å². The highest BCUT2D eigenvalue weighted by Crippen LogP contribution is 2.32. The highest BCUT2D eigenvalue weighted by atomic mass is 79.9. The summed E-state index contributed by atoms with van der Waals surface area (Å²) in [4.78, 5) is 177. The van der Waals surface area contributed by atoms with Crippen molar-refractivity contribution in [2.24, 2.45) is 0 Å². The molecule has 0 unspecified atom stereocenters. The molecular weight excluding hydrogens is 1930 g/mol. The van der Waals surface area contributed by atoms with Crippen LogP contribution >= 0.6 is 15.9 Å². The summed E-state index contributed by atoms with van der Waals surface area (Å²) in [5.41, 5.74) is 23.0. The van der Waals surface area contributed by atoms with Gasteiger partial charge in [0.25, 0.3) is 23.6 Å². The number of nitrogens with two attached hydrogens (primary N) is 1. The molecule has 145 heavy (non-hydrogen) atoms. The number of aromatic amines is 4. The second kappa shape index (κ2) is 54.0. The number of aliphatic carboxylic acids is 4. The van der Waals surface area contributed by atoms with E-state index >= 15 is 0 Å². The number of carboxylic acid groups (broad SMARTS) is 4. The van der Waals surface area contributed by atoms with Gasteiger partial charge in [0.15, 0.2) is 11.6 Å². The van der Waals surface area contributed by atoms with E-state index in [1.54, 1.807) is 42.5 Å². The number of rotatable bonds is 45. The monoisotopic (exact) mass is 2050 g/mol. The Morgan fingerprint density at radius 3 is 0.966 bits per heavy atom. The SMILES string of the molecule is COc1c(C(=O)N[C@@H](CCNC(=O)CCCCc2ccc3c(n2)CCNC3)C(=O)O)[nH]c2ccccc12.Nc1c(C(=O)N[C@@H](CCNC(=O)CCCCc2ccc3c(n2)CCNC3)C(=O)O)[nH]c2ccccc12.O=C(CCCCc1ccc2c(n1)CCNC2)NCC[C@H](NC(=O)c1[nH]c2ccccc2c1Br)C(=O)O.O=C(CCCCc1ccc2c(n1)CCNC2)NCC[C@H](NC(=O)c1[nH]c2ccccc2c1F)C(=O)O. The first-order valence-electron chi connectivity index (χ1n) is 49.2. The Labute approximate surface area is 844 Å². The van der Waals surface area contributed by atoms with Crippen LogP contribution in [-0.2, 0) is 116 Å². The van der Waals surface area contributed by atoms with Crippen LogP contribution in [0.2, 0.25) is 0 Å². The topological polar surface area (TPSA) is 580 Å². The molecule has 4 aliphatic heterocycles. The molecule has 0 fully saturated rings. The highest BCUT2D eigenvalue weighted by molar-refractivity contribution is 9.10. The molecule has 0 aliphatic carbocycles. The van der Waals surface area contributed by atoms with Gasteiger partial charge in [-0.2, -0.15) is 0 Å². The van der Waals surface area contributed by atoms with E-state index < -0.39 is 77.5 Å². The van der Waals surface area contributed by atoms with Crippen LogP contribution in [0.15, 0.2) is 150 Å². The van der Waals surface area contributed by atoms with E-state index in [0.29, 0.717) is 77.1 Å². The van der Waals surface area contributed by atoms with Crippen LogP contribution in [0.4, 0.5) is 10.1 Å². The van der Waals surface area contributed by atoms with E-state index in [4.69, 9.17) is 30.4 Å². The minimum Gasteiger partial charge on any atom is -0.494 e. The molecule has 8 amide bonds. The molecule has 4 aliphatic rings. The number of carbonyl (C=O) groups is 12. The lowest BCUT2D eigenvalue weighted by atomic mass is 10.0. The number of amides is 8. The van der Waals surface area contributed by atoms with Gasteiger partial charge in [-0.1, -0.05) is 84.9 Å². The molecule has 38 nitrogen and oxygen atoms in total. The minimum atomic E-state index is -1.27. The van der Waals surface area contributed by atoms with Crippen LogP contribution in [-0.4, -0.2) is 215 Å². The Balaban J connectivity index is 0.000000162. The van der Waals surface area contributed by atoms with Gasteiger partial charge in [0, 0.05) is 219 Å². The maximum absolute atomic E-state index is 14.5. The number of para-hydroxylation sites is 4. The van der Waals surface area contributed by atoms with Crippen LogP contribution in [0.5, 0.6) is 5.75 Å². The van der Waals surface area contributed by atoms with Crippen LogP contribution in [0, 0.1) is 5.82 Å². The number of carboxylic acids is 4. The lowest BCUT2D eigenvalue weighted by molar-refractivity contribution is -0.140. The molecule has 22 N–H and O–H groups in total. The van der Waals surface area contributed by atoms with Gasteiger partial charge in [0.1, 0.15) is 46.9 Å². The van der Waals surface area contributed by atoms with Crippen molar-refractivity contribution in [1.29, 1.82) is 0 Å². The molecule has 0 saturated carbocycles. The third kappa shape index (κ3) is 31.1. The van der Waals surface area contributed by atoms with E-state index in [9.17, 15) is 82.4 Å². The normalized spacial score (nSPS) is 13.6. The molecule has 40 heteroatoms. The zero-order valence-electron chi connectivity index (χ0n) is 80.8. The van der Waals surface area contributed by atoms with Crippen LogP contribution < -0.4 is 74.3 Å². The number of hydrogen-bond donors (Lipinski definition) is 21. The number of aryl methyl sites for hydroxylation is 4. The number of hydrogen-bond acceptors (Lipinski definition) is 22. The van der Waals surface area contributed by atoms with Crippen LogP contribution in [0.1, 0.15) is 212 Å². The van der Waals surface area contributed by atoms with E-state index in [0.717, 1.165) is 192 Å². The molecule has 0 spiro atoms. The summed E-state index contributed by atoms with van der Waals surface area (Å²) in [7, 11) is 1.46. The summed E-state index contributed by atoms with van der Waals surface area (Å²) < 4.78 is 20.5. The summed E-state index contributed by atoms with van der Waals surface area (Å²) in [5, 5.41) is 74.8. The number of nitrogens with one attached hydrogen (secondary N) is 16. The number of nitrogens with zero attached hydrogens (tertiary/aromatic N) is 4. The number of fused-ring (bicyclic) bond motifs is 8. The van der Waals surface area contributed by atoms with Crippen LogP contribution in [0.3, 0.4) is 0 Å². The van der Waals surface area contributed by atoms with Crippen molar-refractivity contribution >= 4 is 136 Å². The summed E-state index contributed by atoms with van der Waals surface area (Å²) in [5.74, 6) is -8.31. The Morgan fingerprint density at radius 1 is 0.359 bits per heavy atom. The summed E-state index contributed by atoms with van der Waals surface area (Å²) in [6, 6.07) is 40.3. The first kappa shape index (κ1) is 107. The van der Waals surface area contributed by atoms with Gasteiger partial charge in [-0.05, 0) is 202 Å². The van der Waals surface area contributed by atoms with E-state index in [1.165, 1.54) is 41.1 Å². The predicted octanol–water partition coefficient (Wildman–Crippen LogP) is 9.74. The number of nitrogen functional groups attached to an aromatic ring is 1. The number of methoxy groups -OCH3 is 1. The fourth-order valence-corrected chi connectivity index (χ4v) is 18.2. The van der Waals surface area contributed by atoms with E-state index in [2.05, 4.69) is 142 Å². The van der Waals surface area contributed by atoms with Crippen molar-refractivity contribution < 1.29 is 87.1 Å². The molecule has 12 aromatic rings. The summed E-state index contributed by atoms with van der Waals surface area (Å²) >= 11 is 3.41. The molecule has 8 aromatic heterocycles. The fourth-order valence-electron chi connectivity index (χ4n) is 17.5. The number of anilines is 1. The molecule has 0 bridgehead atoms. The lowest BCUT2D eigenvalue weighted by Gasteiger charge is -2.16. The van der Waals surface area contributed by atoms with E-state index in [-0.39, 0.29) is 109 Å². The first-order chi connectivity index (χ1) is 70.2. The van der Waals surface area contributed by atoms with Gasteiger partial charge in [-0.3, -0.25) is 58.3 Å². The number of ether oxygens (including phenoxy) is 1. The highest BCUT2D eigenvalue weighted by Gasteiger charge is 2.31. The van der Waals surface area contributed by atoms with Gasteiger partial charge >= 0.3 is 23.9 Å². The average Bonchev–Trinajstić information content (AvgIpc) is 1.65. The van der Waals surface area contributed by atoms with Crippen LogP contribution in [0.25, 0.3) is 43.6 Å². The average molecular weight is 2050 g/mol. The molecule has 16 rings (SSSR count). The van der Waals surface area contributed by atoms with E-state index in [1.807, 2.05) is 54.6 Å². The summed E-state index contributed by atoms with van der Waals surface area (Å²) in [6.45, 7) is 7.77. The fraction of sp³-hybridized carbons (Fsp3) is 0.390. The van der Waals surface area contributed by atoms with Crippen molar-refractivity contribution in [3.63, 3.8) is 0 Å². The number of benzene rings is 4. The van der Waals surface area contributed by atoms with Crippen molar-refractivity contribution in [3.05, 3.63) is 246 Å². The smallest absolute Gasteiger partial charge is 0.326 e. The predicted molar refractivity (Wildman–Crippen MR) is 547 cm³/mol. The minimum absolute atomic E-state index is 0.0252. The quantitative estimate of drug-likeness (QED) is 0.0158. The van der Waals surface area contributed by atoms with Gasteiger partial charge in [-0.15, -0.1) is 0 Å². The zero-order valence-corrected chi connectivity index (χ0v) is 82.4. The maximum atomic E-state index is 14.5. The summed E-state index contributed by atoms with van der Waals surface area (Å²) in [6.07, 6.45) is 14.8. The lowest BCUT2D eigenvalue weighted by Crippen LogP contribution is -2.43. The largest absolute Gasteiger partial charge is 0.494 e. The van der Waals surface area contributed by atoms with Gasteiger partial charge in [0.05, 0.1) is 17.3 Å². The molecule has 0 saturated heterocycles. The number of unbranched alkanes of at least 4 members (excludes halogenated alkanes) is 4. The second-order valence-corrected chi connectivity index (χ2v) is 36.7. The van der Waals surface area contributed by atoms with Gasteiger partial charge in [-0.25, -0.2) is 23.6 Å². The Morgan fingerprint density at radius 2 is 0.634 bits per heavy atom. The molecule has 766 valence electrons. The number of aromatic nitrogens is 8. The first-order valence-corrected chi connectivity index (χ1v) is 50.0. The number of halogens is 2. The number of pyridine rings is 4. The standard InChI is InChI=1S/C27H33N5O5.C26H30BrN5O4.C26H30FN5O4.C26H32N6O4/c1-37-25-19-7-3-4-8-21(19)31-24(25)26(34)32-22(27(35)36)13-15-29-23(33)9-5-2-6-18-11-10-17-16-28-14-12-20(17)30-18;3*27-23-18-6-2-3-7-20(18)31-24(23)25(34)32-21(26(35)36)12-14-29-22(33)8-4-1-5-17-10-9-16-15-28-13-11-19(16)30-17/h3-4,7-8,10-11,22,28,31H,2,5-6,9,12-16H2,1H3,(H,29,33)(H,32,34)(H,35,36);2*2-3,6-7,9-10,21,28,31H,1,4-5,8,11-15H2,(H,29,33)(H,32,34)(H,35,36);2-3,6-7,9-10,21,28,31H,1,4-5,8,11-15,27H2,(H,29,33)(H,32,34)(H,35,36)/t22-;3*21-/m0000/s1. The third-order valence-electron chi connectivity index (χ3n) is 25.5. The Bertz CT molecular complexity index is 6140. The maximum Gasteiger partial charge on any atom is 0.326 e. The van der Waals surface area contributed by atoms with Crippen molar-refractivity contribution in [2.45, 2.75) is 204 Å². The van der Waals surface area contributed by atoms with Crippen molar-refractivity contribution in [2.75, 3.05) is 65.2 Å². The van der Waals surface area contributed by atoms with Crippen molar-refractivity contribution in [3.8, 4) is 5.75 Å². The number of H-pyrrole nitrogens is 4. The van der Waals surface area contributed by atoms with Gasteiger partial charge < -0.3 is 115 Å². The molecule has 0 radical (unpaired) electrons. The second-order valence-electron chi connectivity index (χ2n) is 35.9. The molecule has 4 aromatic carbocycles. The zero-order chi connectivity index (χ0) is 103. The van der Waals surface area contributed by atoms with Gasteiger partial charge in [0.2, 0.25) is 23.6 Å². The number of carbonyl (C=O) groups excluding carboxylic acids is 8. The molecule has 12 heterocycles.